The van der Waals surface area contributed by atoms with Crippen LogP contribution in [0.1, 0.15) is 44.1 Å². The van der Waals surface area contributed by atoms with Gasteiger partial charge in [-0.1, -0.05) is 19.4 Å². The molecule has 1 heterocycles. The highest BCUT2D eigenvalue weighted by Gasteiger charge is 2.15. The van der Waals surface area contributed by atoms with E-state index in [0.717, 1.165) is 36.2 Å². The number of aryl methyl sites for hydroxylation is 1. The molecule has 0 fully saturated rings. The van der Waals surface area contributed by atoms with Crippen molar-refractivity contribution in [2.45, 2.75) is 39.0 Å². The predicted octanol–water partition coefficient (Wildman–Crippen LogP) is 3.36. The molecule has 1 N–H and O–H groups in total. The Morgan fingerprint density at radius 3 is 2.94 bits per heavy atom. The molecule has 0 aliphatic carbocycles. The molecule has 0 amide bonds. The molecule has 4 nitrogen and oxygen atoms in total. The van der Waals surface area contributed by atoms with Crippen LogP contribution in [0.4, 0.5) is 0 Å². The predicted molar refractivity (Wildman–Crippen MR) is 68.7 cm³/mol. The Hall–Kier alpha value is -1.84. The number of rotatable bonds is 5. The zero-order valence-electron chi connectivity index (χ0n) is 10.6. The number of nitrogens with zero attached hydrogens (tertiary/aromatic N) is 1. The van der Waals surface area contributed by atoms with Gasteiger partial charge in [-0.05, 0) is 31.0 Å². The molecule has 0 spiro atoms. The molecule has 0 aliphatic heterocycles. The van der Waals surface area contributed by atoms with Crippen LogP contribution in [0.5, 0.6) is 0 Å². The standard InChI is InChI=1S/C14H17NO3/c1-3-4-5-13-15-11-7-6-10(8-12(11)18-13)9(2)14(16)17/h6-9H,3-5H2,1-2H3,(H,16,17). The van der Waals surface area contributed by atoms with Crippen molar-refractivity contribution in [1.82, 2.24) is 4.98 Å². The Morgan fingerprint density at radius 1 is 1.50 bits per heavy atom. The average molecular weight is 247 g/mol. The summed E-state index contributed by atoms with van der Waals surface area (Å²) in [5.74, 6) is -0.634. The number of carboxylic acid groups (broad SMARTS) is 1. The number of carbonyl (C=O) groups is 1. The molecule has 0 aliphatic rings. The maximum atomic E-state index is 10.9. The van der Waals surface area contributed by atoms with Crippen LogP contribution >= 0.6 is 0 Å². The van der Waals surface area contributed by atoms with E-state index in [9.17, 15) is 4.79 Å². The molecule has 4 heteroatoms. The summed E-state index contributed by atoms with van der Waals surface area (Å²) in [4.78, 5) is 15.3. The second kappa shape index (κ2) is 5.21. The van der Waals surface area contributed by atoms with Crippen LogP contribution in [0, 0.1) is 0 Å². The molecular formula is C14H17NO3. The molecule has 2 aromatic rings. The van der Waals surface area contributed by atoms with Gasteiger partial charge >= 0.3 is 5.97 Å². The second-order valence-electron chi connectivity index (χ2n) is 4.50. The van der Waals surface area contributed by atoms with E-state index in [1.54, 1.807) is 19.1 Å². The number of aliphatic carboxylic acids is 1. The van der Waals surface area contributed by atoms with Gasteiger partial charge in [0.2, 0.25) is 0 Å². The van der Waals surface area contributed by atoms with E-state index >= 15 is 0 Å². The van der Waals surface area contributed by atoms with Crippen molar-refractivity contribution in [3.8, 4) is 0 Å². The van der Waals surface area contributed by atoms with Crippen molar-refractivity contribution in [1.29, 1.82) is 0 Å². The van der Waals surface area contributed by atoms with Gasteiger partial charge in [0, 0.05) is 6.42 Å². The van der Waals surface area contributed by atoms with Gasteiger partial charge in [0.1, 0.15) is 5.52 Å². The Balaban J connectivity index is 2.30. The molecule has 2 rings (SSSR count). The van der Waals surface area contributed by atoms with Gasteiger partial charge in [-0.25, -0.2) is 4.98 Å². The summed E-state index contributed by atoms with van der Waals surface area (Å²) in [7, 11) is 0. The van der Waals surface area contributed by atoms with E-state index in [-0.39, 0.29) is 0 Å². The molecule has 1 atom stereocenters. The minimum Gasteiger partial charge on any atom is -0.481 e. The highest BCUT2D eigenvalue weighted by atomic mass is 16.4. The third-order valence-corrected chi connectivity index (χ3v) is 3.07. The normalized spacial score (nSPS) is 12.8. The lowest BCUT2D eigenvalue weighted by Gasteiger charge is -2.04. The Morgan fingerprint density at radius 2 is 2.28 bits per heavy atom. The van der Waals surface area contributed by atoms with E-state index in [1.165, 1.54) is 0 Å². The van der Waals surface area contributed by atoms with Crippen LogP contribution in [0.25, 0.3) is 11.1 Å². The first-order chi connectivity index (χ1) is 8.61. The quantitative estimate of drug-likeness (QED) is 0.879. The van der Waals surface area contributed by atoms with Gasteiger partial charge in [-0.2, -0.15) is 0 Å². The van der Waals surface area contributed by atoms with Crippen molar-refractivity contribution >= 4 is 17.1 Å². The highest BCUT2D eigenvalue weighted by molar-refractivity contribution is 5.79. The second-order valence-corrected chi connectivity index (χ2v) is 4.50. The number of carboxylic acids is 1. The third-order valence-electron chi connectivity index (χ3n) is 3.07. The lowest BCUT2D eigenvalue weighted by Crippen LogP contribution is -2.06. The molecule has 18 heavy (non-hydrogen) atoms. The summed E-state index contributed by atoms with van der Waals surface area (Å²) in [5, 5.41) is 8.98. The molecule has 1 aromatic heterocycles. The summed E-state index contributed by atoms with van der Waals surface area (Å²) in [5.41, 5.74) is 2.21. The fourth-order valence-electron chi connectivity index (χ4n) is 1.84. The Bertz CT molecular complexity index is 559. The molecule has 1 aromatic carbocycles. The van der Waals surface area contributed by atoms with Gasteiger partial charge in [-0.15, -0.1) is 0 Å². The minimum absolute atomic E-state index is 0.529. The third kappa shape index (κ3) is 2.53. The number of unbranched alkanes of at least 4 members (excludes halogenated alkanes) is 1. The monoisotopic (exact) mass is 247 g/mol. The van der Waals surface area contributed by atoms with Crippen molar-refractivity contribution in [3.63, 3.8) is 0 Å². The van der Waals surface area contributed by atoms with Crippen LogP contribution in [0.15, 0.2) is 22.6 Å². The summed E-state index contributed by atoms with van der Waals surface area (Å²) in [6.07, 6.45) is 2.97. The Labute approximate surface area is 106 Å². The van der Waals surface area contributed by atoms with Crippen molar-refractivity contribution in [3.05, 3.63) is 29.7 Å². The lowest BCUT2D eigenvalue weighted by atomic mass is 10.0. The van der Waals surface area contributed by atoms with Crippen molar-refractivity contribution in [2.75, 3.05) is 0 Å². The van der Waals surface area contributed by atoms with Crippen LogP contribution in [-0.2, 0) is 11.2 Å². The fraction of sp³-hybridized carbons (Fsp3) is 0.429. The number of fused-ring (bicyclic) bond motifs is 1. The van der Waals surface area contributed by atoms with Crippen molar-refractivity contribution < 1.29 is 14.3 Å². The highest BCUT2D eigenvalue weighted by Crippen LogP contribution is 2.23. The molecule has 0 bridgehead atoms. The van der Waals surface area contributed by atoms with E-state index in [1.807, 2.05) is 6.07 Å². The summed E-state index contributed by atoms with van der Waals surface area (Å²) < 4.78 is 5.64. The SMILES string of the molecule is CCCCc1nc2ccc(C(C)C(=O)O)cc2o1. The van der Waals surface area contributed by atoms with Crippen LogP contribution < -0.4 is 0 Å². The number of hydrogen-bond donors (Lipinski definition) is 1. The zero-order chi connectivity index (χ0) is 13.1. The first-order valence-electron chi connectivity index (χ1n) is 6.24. The number of oxazole rings is 1. The largest absolute Gasteiger partial charge is 0.481 e. The fourth-order valence-corrected chi connectivity index (χ4v) is 1.84. The molecule has 1 unspecified atom stereocenters. The summed E-state index contributed by atoms with van der Waals surface area (Å²) in [6, 6.07) is 5.40. The number of benzene rings is 1. The van der Waals surface area contributed by atoms with Crippen LogP contribution in [0.2, 0.25) is 0 Å². The molecule has 96 valence electrons. The van der Waals surface area contributed by atoms with E-state index in [4.69, 9.17) is 9.52 Å². The molecule has 0 saturated carbocycles. The van der Waals surface area contributed by atoms with Crippen LogP contribution in [0.3, 0.4) is 0 Å². The number of aromatic nitrogens is 1. The average Bonchev–Trinajstić information content (AvgIpc) is 2.76. The first kappa shape index (κ1) is 12.6. The lowest BCUT2D eigenvalue weighted by molar-refractivity contribution is -0.138. The summed E-state index contributed by atoms with van der Waals surface area (Å²) in [6.45, 7) is 3.78. The zero-order valence-corrected chi connectivity index (χ0v) is 10.6. The Kier molecular flexibility index (Phi) is 3.65. The van der Waals surface area contributed by atoms with Gasteiger partial charge in [0.05, 0.1) is 5.92 Å². The number of hydrogen-bond acceptors (Lipinski definition) is 3. The smallest absolute Gasteiger partial charge is 0.310 e. The van der Waals surface area contributed by atoms with Gasteiger partial charge in [-0.3, -0.25) is 4.79 Å². The maximum Gasteiger partial charge on any atom is 0.310 e. The summed E-state index contributed by atoms with van der Waals surface area (Å²) >= 11 is 0. The first-order valence-corrected chi connectivity index (χ1v) is 6.24. The van der Waals surface area contributed by atoms with Gasteiger partial charge < -0.3 is 9.52 Å². The molecule has 0 radical (unpaired) electrons. The van der Waals surface area contributed by atoms with Crippen molar-refractivity contribution in [2.24, 2.45) is 0 Å². The maximum absolute atomic E-state index is 10.9. The van der Waals surface area contributed by atoms with Gasteiger partial charge in [0.15, 0.2) is 11.5 Å². The minimum atomic E-state index is -0.833. The van der Waals surface area contributed by atoms with E-state index < -0.39 is 11.9 Å². The molecule has 0 saturated heterocycles. The van der Waals surface area contributed by atoms with E-state index in [2.05, 4.69) is 11.9 Å². The van der Waals surface area contributed by atoms with Crippen LogP contribution in [-0.4, -0.2) is 16.1 Å². The van der Waals surface area contributed by atoms with Gasteiger partial charge in [0.25, 0.3) is 0 Å². The van der Waals surface area contributed by atoms with E-state index in [0.29, 0.717) is 5.58 Å². The topological polar surface area (TPSA) is 63.3 Å². The molecular weight excluding hydrogens is 230 g/mol.